The van der Waals surface area contributed by atoms with Crippen LogP contribution in [0.3, 0.4) is 0 Å². The van der Waals surface area contributed by atoms with Crippen molar-refractivity contribution in [3.05, 3.63) is 106 Å². The highest BCUT2D eigenvalue weighted by Gasteiger charge is 2.21. The highest BCUT2D eigenvalue weighted by Crippen LogP contribution is 2.25. The second kappa shape index (κ2) is 10.5. The van der Waals surface area contributed by atoms with Crippen LogP contribution in [0.5, 0.6) is 5.75 Å². The molecule has 2 heterocycles. The van der Waals surface area contributed by atoms with Crippen molar-refractivity contribution in [3.8, 4) is 17.3 Å². The highest BCUT2D eigenvalue weighted by molar-refractivity contribution is 5.94. The number of carbonyl (C=O) groups excluding carboxylic acids is 1. The summed E-state index contributed by atoms with van der Waals surface area (Å²) in [5, 5.41) is 10.7. The van der Waals surface area contributed by atoms with Crippen LogP contribution in [0.2, 0.25) is 0 Å². The number of hydrogen-bond acceptors (Lipinski definition) is 7. The van der Waals surface area contributed by atoms with Crippen molar-refractivity contribution in [2.24, 2.45) is 0 Å². The van der Waals surface area contributed by atoms with Gasteiger partial charge in [-0.05, 0) is 41.0 Å². The van der Waals surface area contributed by atoms with Crippen LogP contribution < -0.4 is 15.6 Å². The fourth-order valence-corrected chi connectivity index (χ4v) is 3.45. The summed E-state index contributed by atoms with van der Waals surface area (Å²) in [6, 6.07) is 17.9. The van der Waals surface area contributed by atoms with Crippen molar-refractivity contribution in [1.29, 1.82) is 0 Å². The van der Waals surface area contributed by atoms with Crippen molar-refractivity contribution in [1.82, 2.24) is 25.5 Å². The van der Waals surface area contributed by atoms with E-state index >= 15 is 0 Å². The number of H-pyrrole nitrogens is 1. The van der Waals surface area contributed by atoms with Crippen LogP contribution in [-0.4, -0.2) is 40.3 Å². The predicted molar refractivity (Wildman–Crippen MR) is 125 cm³/mol. The van der Waals surface area contributed by atoms with Crippen LogP contribution in [0, 0.1) is 0 Å². The molecule has 4 rings (SSSR count). The number of aromatic nitrogens is 4. The number of benzene rings is 2. The van der Waals surface area contributed by atoms with Gasteiger partial charge in [0.25, 0.3) is 11.5 Å². The van der Waals surface area contributed by atoms with E-state index in [2.05, 4.69) is 25.5 Å². The van der Waals surface area contributed by atoms with Crippen molar-refractivity contribution >= 4 is 5.91 Å². The van der Waals surface area contributed by atoms with E-state index in [1.807, 2.05) is 48.5 Å². The third-order valence-corrected chi connectivity index (χ3v) is 5.21. The molecule has 2 aromatic heterocycles. The number of ether oxygens (including phenoxy) is 2. The van der Waals surface area contributed by atoms with Crippen LogP contribution in [0.15, 0.2) is 77.9 Å². The van der Waals surface area contributed by atoms with Gasteiger partial charge in [0, 0.05) is 19.5 Å². The van der Waals surface area contributed by atoms with Gasteiger partial charge in [-0.1, -0.05) is 36.4 Å². The first-order valence-corrected chi connectivity index (χ1v) is 10.5. The second-order valence-corrected chi connectivity index (χ2v) is 7.44. The quantitative estimate of drug-likeness (QED) is 0.418. The van der Waals surface area contributed by atoms with Crippen molar-refractivity contribution in [3.63, 3.8) is 0 Å². The molecule has 0 unspecified atom stereocenters. The number of rotatable bonds is 8. The van der Waals surface area contributed by atoms with Gasteiger partial charge in [-0.15, -0.1) is 5.10 Å². The van der Waals surface area contributed by atoms with Crippen molar-refractivity contribution in [2.75, 3.05) is 14.2 Å². The largest absolute Gasteiger partial charge is 0.497 e. The molecule has 1 amide bonds. The van der Waals surface area contributed by atoms with Crippen molar-refractivity contribution in [2.45, 2.75) is 12.6 Å². The standard InChI is InChI=1S/C25H23N5O4/c1-33-15-16-5-7-17(8-6-16)22(18-9-11-19(34-2)12-10-18)28-24(31)20-14-26-23(29-25(20)32)21-4-3-13-27-30-21/h3-14,22H,15H2,1-2H3,(H,28,31)(H,26,29,32)/t22-/m0/s1. The van der Waals surface area contributed by atoms with Gasteiger partial charge in [-0.2, -0.15) is 5.10 Å². The molecule has 0 saturated heterocycles. The number of hydrogen-bond donors (Lipinski definition) is 2. The highest BCUT2D eigenvalue weighted by atomic mass is 16.5. The summed E-state index contributed by atoms with van der Waals surface area (Å²) in [5.41, 5.74) is 2.40. The van der Waals surface area contributed by atoms with E-state index in [0.29, 0.717) is 18.1 Å². The SMILES string of the molecule is COCc1ccc([C@H](NC(=O)c2cnc(-c3cccnn3)[nH]c2=O)c2ccc(OC)cc2)cc1. The molecule has 0 fully saturated rings. The van der Waals surface area contributed by atoms with Gasteiger partial charge in [-0.3, -0.25) is 9.59 Å². The van der Waals surface area contributed by atoms with Gasteiger partial charge in [-0.25, -0.2) is 4.98 Å². The van der Waals surface area contributed by atoms with Crippen LogP contribution in [0.4, 0.5) is 0 Å². The van der Waals surface area contributed by atoms with Gasteiger partial charge >= 0.3 is 0 Å². The Morgan fingerprint density at radius 2 is 1.74 bits per heavy atom. The van der Waals surface area contributed by atoms with E-state index in [1.165, 1.54) is 12.4 Å². The van der Waals surface area contributed by atoms with E-state index in [1.54, 1.807) is 26.4 Å². The van der Waals surface area contributed by atoms with Crippen LogP contribution >= 0.6 is 0 Å². The molecule has 0 aliphatic rings. The molecule has 0 spiro atoms. The molecule has 4 aromatic rings. The maximum absolute atomic E-state index is 13.1. The smallest absolute Gasteiger partial charge is 0.264 e. The van der Waals surface area contributed by atoms with Crippen LogP contribution in [0.1, 0.15) is 33.1 Å². The first-order valence-electron chi connectivity index (χ1n) is 10.5. The van der Waals surface area contributed by atoms with E-state index < -0.39 is 17.5 Å². The molecule has 1 atom stereocenters. The number of nitrogens with one attached hydrogen (secondary N) is 2. The molecule has 0 saturated carbocycles. The average molecular weight is 457 g/mol. The Morgan fingerprint density at radius 3 is 2.32 bits per heavy atom. The zero-order valence-electron chi connectivity index (χ0n) is 18.7. The zero-order chi connectivity index (χ0) is 23.9. The third kappa shape index (κ3) is 5.16. The van der Waals surface area contributed by atoms with E-state index in [9.17, 15) is 9.59 Å². The van der Waals surface area contributed by atoms with Crippen LogP contribution in [0.25, 0.3) is 11.5 Å². The Labute approximate surface area is 195 Å². The Kier molecular flexibility index (Phi) is 7.04. The normalized spacial score (nSPS) is 11.6. The Balaban J connectivity index is 1.64. The Bertz CT molecular complexity index is 1310. The fourth-order valence-electron chi connectivity index (χ4n) is 3.45. The molecule has 0 bridgehead atoms. The second-order valence-electron chi connectivity index (χ2n) is 7.44. The maximum Gasteiger partial charge on any atom is 0.264 e. The summed E-state index contributed by atoms with van der Waals surface area (Å²) < 4.78 is 10.4. The number of methoxy groups -OCH3 is 2. The average Bonchev–Trinajstić information content (AvgIpc) is 2.88. The van der Waals surface area contributed by atoms with Gasteiger partial charge < -0.3 is 19.8 Å². The molecule has 0 radical (unpaired) electrons. The third-order valence-electron chi connectivity index (χ3n) is 5.21. The Morgan fingerprint density at radius 1 is 1.03 bits per heavy atom. The summed E-state index contributed by atoms with van der Waals surface area (Å²) in [5.74, 6) is 0.376. The summed E-state index contributed by atoms with van der Waals surface area (Å²) >= 11 is 0. The molecular weight excluding hydrogens is 434 g/mol. The molecular formula is C25H23N5O4. The van der Waals surface area contributed by atoms with Crippen LogP contribution in [-0.2, 0) is 11.3 Å². The summed E-state index contributed by atoms with van der Waals surface area (Å²) in [4.78, 5) is 32.6. The first kappa shape index (κ1) is 22.8. The fraction of sp³-hybridized carbons (Fsp3) is 0.160. The minimum Gasteiger partial charge on any atom is -0.497 e. The molecule has 0 aliphatic carbocycles. The summed E-state index contributed by atoms with van der Waals surface area (Å²) in [7, 11) is 3.22. The lowest BCUT2D eigenvalue weighted by atomic mass is 9.97. The predicted octanol–water partition coefficient (Wildman–Crippen LogP) is 2.90. The molecule has 172 valence electrons. The number of nitrogens with zero attached hydrogens (tertiary/aromatic N) is 3. The summed E-state index contributed by atoms with van der Waals surface area (Å²) in [6.07, 6.45) is 2.76. The minimum absolute atomic E-state index is 0.109. The van der Waals surface area contributed by atoms with E-state index in [0.717, 1.165) is 16.7 Å². The monoisotopic (exact) mass is 457 g/mol. The topological polar surface area (TPSA) is 119 Å². The minimum atomic E-state index is -0.572. The molecule has 34 heavy (non-hydrogen) atoms. The molecule has 9 heteroatoms. The van der Waals surface area contributed by atoms with Gasteiger partial charge in [0.05, 0.1) is 19.8 Å². The first-order chi connectivity index (χ1) is 16.6. The van der Waals surface area contributed by atoms with Gasteiger partial charge in [0.15, 0.2) is 5.82 Å². The zero-order valence-corrected chi connectivity index (χ0v) is 18.7. The molecule has 9 nitrogen and oxygen atoms in total. The lowest BCUT2D eigenvalue weighted by molar-refractivity contribution is 0.0941. The van der Waals surface area contributed by atoms with E-state index in [-0.39, 0.29) is 11.4 Å². The molecule has 0 aliphatic heterocycles. The summed E-state index contributed by atoms with van der Waals surface area (Å²) in [6.45, 7) is 0.485. The lowest BCUT2D eigenvalue weighted by Crippen LogP contribution is -2.33. The number of carbonyl (C=O) groups is 1. The molecule has 2 N–H and O–H groups in total. The van der Waals surface area contributed by atoms with Crippen molar-refractivity contribution < 1.29 is 14.3 Å². The van der Waals surface area contributed by atoms with E-state index in [4.69, 9.17) is 9.47 Å². The van der Waals surface area contributed by atoms with Gasteiger partial charge in [0.2, 0.25) is 0 Å². The lowest BCUT2D eigenvalue weighted by Gasteiger charge is -2.20. The number of aromatic amines is 1. The number of amides is 1. The maximum atomic E-state index is 13.1. The van der Waals surface area contributed by atoms with Gasteiger partial charge in [0.1, 0.15) is 17.0 Å². The molecule has 2 aromatic carbocycles. The Hall–Kier alpha value is -4.37.